The molecule has 0 saturated carbocycles. The van der Waals surface area contributed by atoms with Crippen LogP contribution in [0.3, 0.4) is 0 Å². The first kappa shape index (κ1) is 15.5. The van der Waals surface area contributed by atoms with Gasteiger partial charge in [0, 0.05) is 7.85 Å². The molecule has 6 heteroatoms. The van der Waals surface area contributed by atoms with Gasteiger partial charge in [0.1, 0.15) is 6.04 Å². The molecule has 23 heavy (non-hydrogen) atoms. The lowest BCUT2D eigenvalue weighted by Gasteiger charge is -2.21. The van der Waals surface area contributed by atoms with E-state index in [-0.39, 0.29) is 19.7 Å². The number of fused-ring (bicyclic) bond motifs is 1. The van der Waals surface area contributed by atoms with Crippen LogP contribution >= 0.6 is 0 Å². The number of piperidine rings is 1. The van der Waals surface area contributed by atoms with Crippen molar-refractivity contribution in [3.05, 3.63) is 34.3 Å². The zero-order valence-corrected chi connectivity index (χ0v) is 13.3. The number of aromatic nitrogens is 1. The summed E-state index contributed by atoms with van der Waals surface area (Å²) in [6, 6.07) is 4.92. The van der Waals surface area contributed by atoms with Crippen LogP contribution in [0.25, 0.3) is 11.1 Å². The Bertz CT molecular complexity index is 824. The number of benzene rings is 1. The zero-order chi connectivity index (χ0) is 16.6. The predicted octanol–water partition coefficient (Wildman–Crippen LogP) is 2.72. The molecular weight excluding hydrogens is 296 g/mol. The molecule has 1 saturated heterocycles. The highest BCUT2D eigenvalue weighted by Crippen LogP contribution is 2.30. The lowest BCUT2D eigenvalue weighted by atomic mass is 9.95. The molecule has 1 aliphatic heterocycles. The third kappa shape index (κ3) is 2.69. The molecule has 0 radical (unpaired) electrons. The predicted molar refractivity (Wildman–Crippen MR) is 87.3 cm³/mol. The number of hydrogen-bond donors (Lipinski definition) is 1. The highest BCUT2D eigenvalue weighted by Gasteiger charge is 2.31. The SMILES string of the molecule is CCCC(C)c1cccc2c1oc(=O)n2[C@H]1CCC(=O)NC1=O.[HH]. The van der Waals surface area contributed by atoms with E-state index in [9.17, 15) is 14.4 Å². The number of rotatable bonds is 4. The van der Waals surface area contributed by atoms with Crippen LogP contribution in [0.5, 0.6) is 0 Å². The summed E-state index contributed by atoms with van der Waals surface area (Å²) in [7, 11) is 0. The van der Waals surface area contributed by atoms with E-state index in [0.29, 0.717) is 17.5 Å². The van der Waals surface area contributed by atoms with Crippen LogP contribution in [0.2, 0.25) is 0 Å². The van der Waals surface area contributed by atoms with E-state index in [4.69, 9.17) is 4.42 Å². The highest BCUT2D eigenvalue weighted by molar-refractivity contribution is 6.00. The van der Waals surface area contributed by atoms with Crippen molar-refractivity contribution < 1.29 is 15.4 Å². The number of imide groups is 1. The van der Waals surface area contributed by atoms with Crippen LogP contribution in [0.1, 0.15) is 58.5 Å². The minimum Gasteiger partial charge on any atom is -0.407 e. The number of oxazole rings is 1. The van der Waals surface area contributed by atoms with Crippen molar-refractivity contribution in [1.82, 2.24) is 9.88 Å². The molecule has 1 aromatic heterocycles. The van der Waals surface area contributed by atoms with Gasteiger partial charge in [0.2, 0.25) is 11.8 Å². The van der Waals surface area contributed by atoms with Gasteiger partial charge in [0.25, 0.3) is 0 Å². The minimum absolute atomic E-state index is 0. The van der Waals surface area contributed by atoms with Gasteiger partial charge in [0.15, 0.2) is 5.58 Å². The lowest BCUT2D eigenvalue weighted by Crippen LogP contribution is -2.43. The van der Waals surface area contributed by atoms with Gasteiger partial charge >= 0.3 is 5.76 Å². The first-order chi connectivity index (χ1) is 11.0. The minimum atomic E-state index is -0.696. The fourth-order valence-electron chi connectivity index (χ4n) is 3.28. The standard InChI is InChI=1S/C17H20N2O4.H2/c1-3-5-10(2)11-6-4-7-12-15(11)23-17(22)19(12)13-8-9-14(20)18-16(13)21;/h4,6-7,10,13H,3,5,8-9H2,1-2H3,(H,18,20,21);1H/t10?,13-;/m0./s1. The molecule has 124 valence electrons. The molecule has 0 aliphatic carbocycles. The van der Waals surface area contributed by atoms with E-state index in [1.165, 1.54) is 4.57 Å². The van der Waals surface area contributed by atoms with Crippen LogP contribution in [0.4, 0.5) is 0 Å². The molecule has 6 nitrogen and oxygen atoms in total. The number of hydrogen-bond acceptors (Lipinski definition) is 4. The van der Waals surface area contributed by atoms with E-state index in [1.54, 1.807) is 6.07 Å². The second-order valence-corrected chi connectivity index (χ2v) is 6.09. The van der Waals surface area contributed by atoms with E-state index in [1.807, 2.05) is 12.1 Å². The van der Waals surface area contributed by atoms with Gasteiger partial charge in [-0.05, 0) is 30.4 Å². The summed E-state index contributed by atoms with van der Waals surface area (Å²) in [4.78, 5) is 35.7. The molecular formula is C17H22N2O4. The topological polar surface area (TPSA) is 81.3 Å². The first-order valence-corrected chi connectivity index (χ1v) is 8.00. The molecule has 0 bridgehead atoms. The summed E-state index contributed by atoms with van der Waals surface area (Å²) in [5, 5.41) is 2.29. The Kier molecular flexibility index (Phi) is 4.07. The molecule has 2 amide bonds. The summed E-state index contributed by atoms with van der Waals surface area (Å²) in [5.41, 5.74) is 2.14. The van der Waals surface area contributed by atoms with Crippen LogP contribution in [-0.4, -0.2) is 16.4 Å². The average Bonchev–Trinajstić information content (AvgIpc) is 2.83. The van der Waals surface area contributed by atoms with Gasteiger partial charge < -0.3 is 4.42 Å². The van der Waals surface area contributed by atoms with Crippen molar-refractivity contribution in [3.8, 4) is 0 Å². The number of carbonyl (C=O) groups is 2. The molecule has 2 atom stereocenters. The molecule has 0 spiro atoms. The third-order valence-electron chi connectivity index (χ3n) is 4.44. The average molecular weight is 318 g/mol. The Balaban J connectivity index is 0.00000208. The van der Waals surface area contributed by atoms with Gasteiger partial charge in [-0.2, -0.15) is 0 Å². The van der Waals surface area contributed by atoms with E-state index in [0.717, 1.165) is 18.4 Å². The quantitative estimate of drug-likeness (QED) is 0.879. The van der Waals surface area contributed by atoms with Gasteiger partial charge in [0.05, 0.1) is 5.52 Å². The molecule has 1 aromatic carbocycles. The summed E-state index contributed by atoms with van der Waals surface area (Å²) >= 11 is 0. The number of para-hydroxylation sites is 1. The van der Waals surface area contributed by atoms with Gasteiger partial charge in [-0.25, -0.2) is 4.79 Å². The van der Waals surface area contributed by atoms with E-state index in [2.05, 4.69) is 19.2 Å². The second kappa shape index (κ2) is 6.02. The summed E-state index contributed by atoms with van der Waals surface area (Å²) in [6.45, 7) is 4.21. The molecule has 1 aliphatic rings. The summed E-state index contributed by atoms with van der Waals surface area (Å²) in [5.74, 6) is -1.03. The summed E-state index contributed by atoms with van der Waals surface area (Å²) < 4.78 is 6.84. The van der Waals surface area contributed by atoms with Gasteiger partial charge in [-0.15, -0.1) is 0 Å². The molecule has 2 heterocycles. The molecule has 2 aromatic rings. The number of carbonyl (C=O) groups excluding carboxylic acids is 2. The smallest absolute Gasteiger partial charge is 0.407 e. The Hall–Kier alpha value is -2.37. The van der Waals surface area contributed by atoms with Crippen molar-refractivity contribution >= 4 is 22.9 Å². The number of nitrogens with zero attached hydrogens (tertiary/aromatic N) is 1. The molecule has 1 fully saturated rings. The lowest BCUT2D eigenvalue weighted by molar-refractivity contribution is -0.135. The summed E-state index contributed by atoms with van der Waals surface area (Å²) in [6.07, 6.45) is 2.57. The molecule has 1 N–H and O–H groups in total. The Morgan fingerprint density at radius 2 is 2.17 bits per heavy atom. The van der Waals surface area contributed by atoms with E-state index >= 15 is 0 Å². The van der Waals surface area contributed by atoms with Crippen molar-refractivity contribution in [3.63, 3.8) is 0 Å². The van der Waals surface area contributed by atoms with Crippen molar-refractivity contribution in [1.29, 1.82) is 0 Å². The monoisotopic (exact) mass is 318 g/mol. The van der Waals surface area contributed by atoms with Crippen LogP contribution in [0, 0.1) is 0 Å². The Morgan fingerprint density at radius 1 is 1.39 bits per heavy atom. The Morgan fingerprint density at radius 3 is 2.87 bits per heavy atom. The molecule has 1 unspecified atom stereocenters. The van der Waals surface area contributed by atoms with Gasteiger partial charge in [-0.3, -0.25) is 19.5 Å². The fourth-order valence-corrected chi connectivity index (χ4v) is 3.28. The highest BCUT2D eigenvalue weighted by atomic mass is 16.4. The van der Waals surface area contributed by atoms with Crippen molar-refractivity contribution in [2.75, 3.05) is 0 Å². The molecule has 3 rings (SSSR count). The van der Waals surface area contributed by atoms with E-state index < -0.39 is 17.7 Å². The zero-order valence-electron chi connectivity index (χ0n) is 13.3. The maximum Gasteiger partial charge on any atom is 0.420 e. The fraction of sp³-hybridized carbons (Fsp3) is 0.471. The number of nitrogens with one attached hydrogen (secondary N) is 1. The maximum absolute atomic E-state index is 12.3. The second-order valence-electron chi connectivity index (χ2n) is 6.09. The maximum atomic E-state index is 12.3. The van der Waals surface area contributed by atoms with Crippen LogP contribution in [-0.2, 0) is 9.59 Å². The Labute approximate surface area is 134 Å². The third-order valence-corrected chi connectivity index (χ3v) is 4.44. The van der Waals surface area contributed by atoms with Crippen molar-refractivity contribution in [2.45, 2.75) is 51.5 Å². The first-order valence-electron chi connectivity index (χ1n) is 8.00. The van der Waals surface area contributed by atoms with Crippen LogP contribution < -0.4 is 11.1 Å². The normalized spacial score (nSPS) is 19.8. The largest absolute Gasteiger partial charge is 0.420 e. The van der Waals surface area contributed by atoms with Gasteiger partial charge in [-0.1, -0.05) is 32.4 Å². The van der Waals surface area contributed by atoms with Crippen LogP contribution in [0.15, 0.2) is 27.4 Å². The van der Waals surface area contributed by atoms with Crippen molar-refractivity contribution in [2.24, 2.45) is 0 Å². The number of amides is 2.